The molecule has 0 aliphatic rings. The number of hydrogen-bond acceptors (Lipinski definition) is 4. The average molecular weight is 223 g/mol. The summed E-state index contributed by atoms with van der Waals surface area (Å²) in [5.41, 5.74) is 2.54. The Kier molecular flexibility index (Phi) is 4.75. The van der Waals surface area contributed by atoms with Crippen LogP contribution in [0.25, 0.3) is 0 Å². The summed E-state index contributed by atoms with van der Waals surface area (Å²) >= 11 is 0. The molecule has 0 spiro atoms. The summed E-state index contributed by atoms with van der Waals surface area (Å²) in [7, 11) is 3.92. The number of hydrogen-bond donors (Lipinski definition) is 2. The zero-order valence-electron chi connectivity index (χ0n) is 9.56. The zero-order valence-corrected chi connectivity index (χ0v) is 9.56. The van der Waals surface area contributed by atoms with E-state index in [2.05, 4.69) is 5.43 Å². The Morgan fingerprint density at radius 2 is 2.12 bits per heavy atom. The maximum Gasteiger partial charge on any atom is 0.268 e. The Hall–Kier alpha value is -1.59. The van der Waals surface area contributed by atoms with Gasteiger partial charge >= 0.3 is 0 Å². The molecule has 0 aliphatic carbocycles. The molecule has 0 unspecified atom stereocenters. The van der Waals surface area contributed by atoms with Crippen molar-refractivity contribution < 1.29 is 9.53 Å². The fourth-order valence-corrected chi connectivity index (χ4v) is 1.20. The molecular weight excluding hydrogens is 206 g/mol. The van der Waals surface area contributed by atoms with Crippen molar-refractivity contribution in [3.8, 4) is 5.75 Å². The molecule has 0 saturated heterocycles. The lowest BCUT2D eigenvalue weighted by atomic mass is 10.2. The van der Waals surface area contributed by atoms with Gasteiger partial charge in [0.2, 0.25) is 0 Å². The van der Waals surface area contributed by atoms with E-state index in [9.17, 15) is 4.79 Å². The lowest BCUT2D eigenvalue weighted by Gasteiger charge is -2.13. The number of rotatable bonds is 5. The Morgan fingerprint density at radius 1 is 1.44 bits per heavy atom. The molecule has 0 aliphatic heterocycles. The van der Waals surface area contributed by atoms with Crippen LogP contribution in [0.4, 0.5) is 0 Å². The van der Waals surface area contributed by atoms with E-state index in [0.29, 0.717) is 17.9 Å². The molecule has 16 heavy (non-hydrogen) atoms. The monoisotopic (exact) mass is 223 g/mol. The molecule has 1 aromatic rings. The molecule has 5 nitrogen and oxygen atoms in total. The highest BCUT2D eigenvalue weighted by Gasteiger charge is 2.10. The number of hydrazine groups is 1. The van der Waals surface area contributed by atoms with Crippen LogP contribution in [0.2, 0.25) is 0 Å². The minimum Gasteiger partial charge on any atom is -0.491 e. The molecule has 0 heterocycles. The number of carbonyl (C=O) groups is 1. The Morgan fingerprint density at radius 3 is 2.75 bits per heavy atom. The fourth-order valence-electron chi connectivity index (χ4n) is 1.20. The number of para-hydroxylation sites is 1. The van der Waals surface area contributed by atoms with E-state index >= 15 is 0 Å². The second-order valence-electron chi connectivity index (χ2n) is 3.62. The topological polar surface area (TPSA) is 67.6 Å². The SMILES string of the molecule is CN(C)CCOc1ccccc1C(=O)NN. The van der Waals surface area contributed by atoms with Gasteiger partial charge in [0.1, 0.15) is 12.4 Å². The van der Waals surface area contributed by atoms with Gasteiger partial charge in [-0.15, -0.1) is 0 Å². The van der Waals surface area contributed by atoms with Crippen LogP contribution in [0.15, 0.2) is 24.3 Å². The van der Waals surface area contributed by atoms with Crippen molar-refractivity contribution in [2.24, 2.45) is 5.84 Å². The molecule has 1 aromatic carbocycles. The summed E-state index contributed by atoms with van der Waals surface area (Å²) in [6, 6.07) is 7.01. The molecule has 0 atom stereocenters. The standard InChI is InChI=1S/C11H17N3O2/c1-14(2)7-8-16-10-6-4-3-5-9(10)11(15)13-12/h3-6H,7-8,12H2,1-2H3,(H,13,15). The summed E-state index contributed by atoms with van der Waals surface area (Å²) in [5, 5.41) is 0. The lowest BCUT2D eigenvalue weighted by Crippen LogP contribution is -2.30. The number of benzene rings is 1. The molecule has 1 rings (SSSR count). The first kappa shape index (κ1) is 12.5. The van der Waals surface area contributed by atoms with Crippen molar-refractivity contribution in [1.82, 2.24) is 10.3 Å². The number of nitrogens with zero attached hydrogens (tertiary/aromatic N) is 1. The van der Waals surface area contributed by atoms with Crippen LogP contribution in [0.1, 0.15) is 10.4 Å². The molecular formula is C11H17N3O2. The first-order chi connectivity index (χ1) is 7.65. The molecule has 0 bridgehead atoms. The van der Waals surface area contributed by atoms with Gasteiger partial charge in [0.15, 0.2) is 0 Å². The maximum atomic E-state index is 11.4. The minimum atomic E-state index is -0.347. The number of amides is 1. The number of nitrogen functional groups attached to an aromatic ring is 1. The van der Waals surface area contributed by atoms with Crippen molar-refractivity contribution in [2.45, 2.75) is 0 Å². The van der Waals surface area contributed by atoms with Gasteiger partial charge in [0.05, 0.1) is 5.56 Å². The van der Waals surface area contributed by atoms with Gasteiger partial charge in [-0.1, -0.05) is 12.1 Å². The van der Waals surface area contributed by atoms with E-state index in [1.807, 2.05) is 25.1 Å². The molecule has 0 aromatic heterocycles. The molecule has 0 radical (unpaired) electrons. The van der Waals surface area contributed by atoms with Crippen molar-refractivity contribution in [1.29, 1.82) is 0 Å². The van der Waals surface area contributed by atoms with Crippen LogP contribution in [-0.2, 0) is 0 Å². The Labute approximate surface area is 95.2 Å². The number of likely N-dealkylation sites (N-methyl/N-ethyl adjacent to an activating group) is 1. The van der Waals surface area contributed by atoms with E-state index in [-0.39, 0.29) is 5.91 Å². The van der Waals surface area contributed by atoms with Gasteiger partial charge in [0.25, 0.3) is 5.91 Å². The third kappa shape index (κ3) is 3.52. The number of nitrogens with one attached hydrogen (secondary N) is 1. The number of nitrogens with two attached hydrogens (primary N) is 1. The molecule has 3 N–H and O–H groups in total. The van der Waals surface area contributed by atoms with Crippen LogP contribution in [0.3, 0.4) is 0 Å². The average Bonchev–Trinajstić information content (AvgIpc) is 2.28. The molecule has 0 fully saturated rings. The third-order valence-corrected chi connectivity index (χ3v) is 2.06. The van der Waals surface area contributed by atoms with E-state index in [0.717, 1.165) is 6.54 Å². The third-order valence-electron chi connectivity index (χ3n) is 2.06. The van der Waals surface area contributed by atoms with Gasteiger partial charge in [-0.2, -0.15) is 0 Å². The predicted octanol–water partition coefficient (Wildman–Crippen LogP) is 0.231. The van der Waals surface area contributed by atoms with E-state index < -0.39 is 0 Å². The molecule has 5 heteroatoms. The van der Waals surface area contributed by atoms with Gasteiger partial charge < -0.3 is 9.64 Å². The Bertz CT molecular complexity index is 353. The molecule has 0 saturated carbocycles. The summed E-state index contributed by atoms with van der Waals surface area (Å²) < 4.78 is 5.51. The number of carbonyl (C=O) groups excluding carboxylic acids is 1. The zero-order chi connectivity index (χ0) is 12.0. The van der Waals surface area contributed by atoms with E-state index in [1.54, 1.807) is 18.2 Å². The van der Waals surface area contributed by atoms with E-state index in [1.165, 1.54) is 0 Å². The fraction of sp³-hybridized carbons (Fsp3) is 0.364. The van der Waals surface area contributed by atoms with Crippen LogP contribution >= 0.6 is 0 Å². The van der Waals surface area contributed by atoms with Crippen molar-refractivity contribution >= 4 is 5.91 Å². The van der Waals surface area contributed by atoms with Crippen LogP contribution in [-0.4, -0.2) is 38.1 Å². The van der Waals surface area contributed by atoms with Gasteiger partial charge in [-0.05, 0) is 26.2 Å². The van der Waals surface area contributed by atoms with Crippen molar-refractivity contribution in [2.75, 3.05) is 27.2 Å². The quantitative estimate of drug-likeness (QED) is 0.426. The van der Waals surface area contributed by atoms with Gasteiger partial charge in [-0.3, -0.25) is 10.2 Å². The first-order valence-corrected chi connectivity index (χ1v) is 5.02. The lowest BCUT2D eigenvalue weighted by molar-refractivity contribution is 0.0949. The van der Waals surface area contributed by atoms with Crippen LogP contribution < -0.4 is 16.0 Å². The van der Waals surface area contributed by atoms with Crippen molar-refractivity contribution in [3.63, 3.8) is 0 Å². The van der Waals surface area contributed by atoms with Gasteiger partial charge in [0, 0.05) is 6.54 Å². The normalized spacial score (nSPS) is 10.2. The highest BCUT2D eigenvalue weighted by Crippen LogP contribution is 2.17. The smallest absolute Gasteiger partial charge is 0.268 e. The second-order valence-corrected chi connectivity index (χ2v) is 3.62. The largest absolute Gasteiger partial charge is 0.491 e. The second kappa shape index (κ2) is 6.09. The summed E-state index contributed by atoms with van der Waals surface area (Å²) in [6.45, 7) is 1.32. The highest BCUT2D eigenvalue weighted by atomic mass is 16.5. The highest BCUT2D eigenvalue weighted by molar-refractivity contribution is 5.96. The first-order valence-electron chi connectivity index (χ1n) is 5.02. The van der Waals surface area contributed by atoms with Gasteiger partial charge in [-0.25, -0.2) is 5.84 Å². The Balaban J connectivity index is 2.67. The molecule has 1 amide bonds. The summed E-state index contributed by atoms with van der Waals surface area (Å²) in [5.74, 6) is 5.29. The minimum absolute atomic E-state index is 0.347. The summed E-state index contributed by atoms with van der Waals surface area (Å²) in [4.78, 5) is 13.4. The van der Waals surface area contributed by atoms with E-state index in [4.69, 9.17) is 10.6 Å². The maximum absolute atomic E-state index is 11.4. The molecule has 88 valence electrons. The number of ether oxygens (including phenoxy) is 1. The summed E-state index contributed by atoms with van der Waals surface area (Å²) in [6.07, 6.45) is 0. The van der Waals surface area contributed by atoms with Crippen molar-refractivity contribution in [3.05, 3.63) is 29.8 Å². The van der Waals surface area contributed by atoms with Crippen LogP contribution in [0, 0.1) is 0 Å². The van der Waals surface area contributed by atoms with Crippen LogP contribution in [0.5, 0.6) is 5.75 Å². The predicted molar refractivity (Wildman–Crippen MR) is 62.1 cm³/mol.